The number of hydrazone groups is 1. The summed E-state index contributed by atoms with van der Waals surface area (Å²) in [6, 6.07) is 5.26. The average molecular weight is 355 g/mol. The van der Waals surface area contributed by atoms with E-state index in [4.69, 9.17) is 4.74 Å². The number of carbonyl (C=O) groups is 2. The number of ether oxygens (including phenoxy) is 1. The molecule has 0 bridgehead atoms. The number of hydrogen-bond acceptors (Lipinski definition) is 9. The third kappa shape index (κ3) is 3.07. The molecule has 2 amide bonds. The summed E-state index contributed by atoms with van der Waals surface area (Å²) in [5, 5.41) is 3.94. The normalized spacial score (nSPS) is 16.7. The monoisotopic (exact) mass is 355 g/mol. The molecule has 12 heteroatoms. The maximum Gasteiger partial charge on any atom is 0.326 e. The van der Waals surface area contributed by atoms with Crippen LogP contribution in [0.15, 0.2) is 23.3 Å². The van der Waals surface area contributed by atoms with Gasteiger partial charge in [0.15, 0.2) is 0 Å². The van der Waals surface area contributed by atoms with Gasteiger partial charge < -0.3 is 4.74 Å². The lowest BCUT2D eigenvalue weighted by Gasteiger charge is -2.14. The zero-order valence-corrected chi connectivity index (χ0v) is 13.1. The summed E-state index contributed by atoms with van der Waals surface area (Å²) >= 11 is 1.23. The number of carbonyl (C=O) groups excluding carboxylic acids is 2. The standard InChI is InChI=1S/C11H9N5O5S2/c1-21-5-2-3-6-7(4-5)22-11(12-6)14-13-8-9(17)15-23(19,20)16-10(8)18/h2-4H,1H3,(H,12,14)(H,15,17)(H,16,18). The Morgan fingerprint density at radius 2 is 1.96 bits per heavy atom. The molecule has 0 aliphatic carbocycles. The molecule has 0 saturated carbocycles. The van der Waals surface area contributed by atoms with E-state index in [1.54, 1.807) is 34.8 Å². The number of hydrogen-bond donors (Lipinski definition) is 3. The third-order valence-electron chi connectivity index (χ3n) is 2.74. The Balaban J connectivity index is 1.85. The summed E-state index contributed by atoms with van der Waals surface area (Å²) in [6.07, 6.45) is 0. The average Bonchev–Trinajstić information content (AvgIpc) is 2.86. The Kier molecular flexibility index (Phi) is 3.61. The highest BCUT2D eigenvalue weighted by atomic mass is 32.2. The summed E-state index contributed by atoms with van der Waals surface area (Å²) in [5.41, 5.74) is 2.53. The molecule has 0 unspecified atom stereocenters. The molecule has 120 valence electrons. The Hall–Kier alpha value is -2.73. The molecule has 1 aromatic carbocycles. The van der Waals surface area contributed by atoms with Gasteiger partial charge in [0.25, 0.3) is 11.8 Å². The van der Waals surface area contributed by atoms with Crippen molar-refractivity contribution in [3.8, 4) is 5.75 Å². The van der Waals surface area contributed by atoms with Crippen LogP contribution < -0.4 is 19.6 Å². The minimum atomic E-state index is -4.16. The second-order valence-electron chi connectivity index (χ2n) is 4.29. The van der Waals surface area contributed by atoms with Crippen LogP contribution in [0.3, 0.4) is 0 Å². The topological polar surface area (TPSA) is 139 Å². The van der Waals surface area contributed by atoms with E-state index >= 15 is 0 Å². The van der Waals surface area contributed by atoms with Crippen LogP contribution in [0, 0.1) is 0 Å². The summed E-state index contributed by atoms with van der Waals surface area (Å²) < 4.78 is 31.4. The molecule has 0 radical (unpaired) electrons. The van der Waals surface area contributed by atoms with Crippen molar-refractivity contribution in [1.29, 1.82) is 0 Å². The first-order chi connectivity index (χ1) is 10.9. The van der Waals surface area contributed by atoms with Gasteiger partial charge in [-0.3, -0.25) is 15.0 Å². The number of fused-ring (bicyclic) bond motifs is 1. The quantitative estimate of drug-likeness (QED) is 0.635. The van der Waals surface area contributed by atoms with E-state index in [2.05, 4.69) is 15.5 Å². The maximum absolute atomic E-state index is 11.5. The fourth-order valence-electron chi connectivity index (χ4n) is 1.75. The zero-order valence-electron chi connectivity index (χ0n) is 11.5. The number of thiazole rings is 1. The number of methoxy groups -OCH3 is 1. The van der Waals surface area contributed by atoms with E-state index in [0.717, 1.165) is 4.70 Å². The Labute approximate surface area is 133 Å². The van der Waals surface area contributed by atoms with E-state index < -0.39 is 27.7 Å². The van der Waals surface area contributed by atoms with Crippen molar-refractivity contribution < 1.29 is 22.7 Å². The Morgan fingerprint density at radius 1 is 1.26 bits per heavy atom. The van der Waals surface area contributed by atoms with Gasteiger partial charge in [-0.25, -0.2) is 14.4 Å². The SMILES string of the molecule is COc1ccc2nc(NN=C3C(=O)NS(=O)(=O)NC3=O)sc2c1. The van der Waals surface area contributed by atoms with Crippen LogP contribution in [-0.4, -0.2) is 38.0 Å². The molecule has 1 aliphatic heterocycles. The molecular formula is C11H9N5O5S2. The first-order valence-corrected chi connectivity index (χ1v) is 8.35. The molecule has 10 nitrogen and oxygen atoms in total. The summed E-state index contributed by atoms with van der Waals surface area (Å²) in [5.74, 6) is -1.58. The Bertz CT molecular complexity index is 923. The number of benzene rings is 1. The minimum Gasteiger partial charge on any atom is -0.497 e. The van der Waals surface area contributed by atoms with Crippen molar-refractivity contribution in [1.82, 2.24) is 14.4 Å². The van der Waals surface area contributed by atoms with E-state index in [0.29, 0.717) is 16.4 Å². The molecule has 3 rings (SSSR count). The molecule has 1 fully saturated rings. The molecule has 3 N–H and O–H groups in total. The van der Waals surface area contributed by atoms with E-state index in [-0.39, 0.29) is 0 Å². The second-order valence-corrected chi connectivity index (χ2v) is 6.74. The summed E-state index contributed by atoms with van der Waals surface area (Å²) in [7, 11) is -2.62. The van der Waals surface area contributed by atoms with Crippen LogP contribution in [-0.2, 0) is 19.8 Å². The van der Waals surface area contributed by atoms with Crippen molar-refractivity contribution in [2.45, 2.75) is 0 Å². The van der Waals surface area contributed by atoms with Crippen LogP contribution in [0.1, 0.15) is 0 Å². The van der Waals surface area contributed by atoms with Crippen molar-refractivity contribution in [2.24, 2.45) is 5.10 Å². The van der Waals surface area contributed by atoms with E-state index in [9.17, 15) is 18.0 Å². The predicted octanol–water partition coefficient (Wildman–Crippen LogP) is -0.436. The van der Waals surface area contributed by atoms with Crippen LogP contribution in [0.4, 0.5) is 5.13 Å². The number of nitrogens with zero attached hydrogens (tertiary/aromatic N) is 2. The van der Waals surface area contributed by atoms with Crippen LogP contribution >= 0.6 is 11.3 Å². The first kappa shape index (κ1) is 15.2. The molecule has 2 heterocycles. The molecule has 1 aliphatic rings. The van der Waals surface area contributed by atoms with Gasteiger partial charge in [-0.15, -0.1) is 0 Å². The largest absolute Gasteiger partial charge is 0.497 e. The van der Waals surface area contributed by atoms with Crippen LogP contribution in [0.2, 0.25) is 0 Å². The molecule has 0 atom stereocenters. The van der Waals surface area contributed by atoms with Crippen molar-refractivity contribution in [2.75, 3.05) is 12.5 Å². The van der Waals surface area contributed by atoms with E-state index in [1.165, 1.54) is 11.3 Å². The number of anilines is 1. The molecule has 1 aromatic heterocycles. The van der Waals surface area contributed by atoms with Crippen molar-refractivity contribution in [3.63, 3.8) is 0 Å². The summed E-state index contributed by atoms with van der Waals surface area (Å²) in [4.78, 5) is 27.3. The van der Waals surface area contributed by atoms with Gasteiger partial charge in [0.2, 0.25) is 10.8 Å². The predicted molar refractivity (Wildman–Crippen MR) is 82.4 cm³/mol. The van der Waals surface area contributed by atoms with Crippen molar-refractivity contribution >= 4 is 54.4 Å². The number of nitrogens with one attached hydrogen (secondary N) is 3. The maximum atomic E-state index is 11.5. The molecule has 0 spiro atoms. The van der Waals surface area contributed by atoms with Gasteiger partial charge in [0, 0.05) is 0 Å². The van der Waals surface area contributed by atoms with Crippen LogP contribution in [0.25, 0.3) is 10.2 Å². The van der Waals surface area contributed by atoms with Gasteiger partial charge in [-0.2, -0.15) is 13.5 Å². The van der Waals surface area contributed by atoms with Gasteiger partial charge >= 0.3 is 10.2 Å². The highest BCUT2D eigenvalue weighted by Gasteiger charge is 2.33. The highest BCUT2D eigenvalue weighted by Crippen LogP contribution is 2.29. The number of aromatic nitrogens is 1. The van der Waals surface area contributed by atoms with Crippen molar-refractivity contribution in [3.05, 3.63) is 18.2 Å². The van der Waals surface area contributed by atoms with Crippen LogP contribution in [0.5, 0.6) is 5.75 Å². The fourth-order valence-corrected chi connectivity index (χ4v) is 3.32. The van der Waals surface area contributed by atoms with E-state index in [1.807, 2.05) is 0 Å². The first-order valence-electron chi connectivity index (χ1n) is 6.05. The zero-order chi connectivity index (χ0) is 16.6. The smallest absolute Gasteiger partial charge is 0.326 e. The van der Waals surface area contributed by atoms with Gasteiger partial charge in [-0.1, -0.05) is 11.3 Å². The number of rotatable bonds is 3. The minimum absolute atomic E-state index is 0.329. The molecular weight excluding hydrogens is 346 g/mol. The highest BCUT2D eigenvalue weighted by molar-refractivity contribution is 7.89. The van der Waals surface area contributed by atoms with Gasteiger partial charge in [-0.05, 0) is 18.2 Å². The number of amides is 2. The lowest BCUT2D eigenvalue weighted by molar-refractivity contribution is -0.118. The lowest BCUT2D eigenvalue weighted by Crippen LogP contribution is -2.56. The molecule has 1 saturated heterocycles. The molecule has 2 aromatic rings. The second kappa shape index (κ2) is 5.48. The Morgan fingerprint density at radius 3 is 2.61 bits per heavy atom. The fraction of sp³-hybridized carbons (Fsp3) is 0.0909. The molecule has 23 heavy (non-hydrogen) atoms. The summed E-state index contributed by atoms with van der Waals surface area (Å²) in [6.45, 7) is 0. The van der Waals surface area contributed by atoms with Gasteiger partial charge in [0.05, 0.1) is 17.3 Å². The third-order valence-corrected chi connectivity index (χ3v) is 4.57. The van der Waals surface area contributed by atoms with Gasteiger partial charge in [0.1, 0.15) is 5.75 Å². The lowest BCUT2D eigenvalue weighted by atomic mass is 10.3.